The van der Waals surface area contributed by atoms with Crippen LogP contribution in [0.5, 0.6) is 0 Å². The molecule has 0 saturated carbocycles. The van der Waals surface area contributed by atoms with Crippen LogP contribution in [-0.2, 0) is 0 Å². The predicted molar refractivity (Wildman–Crippen MR) is 63.4 cm³/mol. The molecule has 1 N–H and O–H groups in total. The van der Waals surface area contributed by atoms with Gasteiger partial charge in [-0.1, -0.05) is 6.07 Å². The third-order valence-corrected chi connectivity index (χ3v) is 2.48. The molecule has 1 rings (SSSR count). The molecule has 0 saturated heterocycles. The third-order valence-electron chi connectivity index (χ3n) is 2.22. The number of aryl methyl sites for hydroxylation is 1. The number of hydrogen-bond donors (Lipinski definition) is 1. The molecule has 0 unspecified atom stereocenters. The van der Waals surface area contributed by atoms with E-state index in [2.05, 4.69) is 5.32 Å². The first-order chi connectivity index (χ1) is 7.65. The zero-order chi connectivity index (χ0) is 12.0. The van der Waals surface area contributed by atoms with E-state index in [9.17, 15) is 9.18 Å². The first-order valence-corrected chi connectivity index (χ1v) is 5.79. The van der Waals surface area contributed by atoms with Gasteiger partial charge in [-0.2, -0.15) is 0 Å². The number of nitrogens with one attached hydrogen (secondary N) is 1. The van der Waals surface area contributed by atoms with Crippen LogP contribution >= 0.6 is 11.6 Å². The lowest BCUT2D eigenvalue weighted by molar-refractivity contribution is 0.0949. The zero-order valence-electron chi connectivity index (χ0n) is 9.22. The Labute approximate surface area is 99.8 Å². The lowest BCUT2D eigenvalue weighted by atomic mass is 10.1. The van der Waals surface area contributed by atoms with Gasteiger partial charge in [-0.15, -0.1) is 11.6 Å². The molecular weight excluding hydrogens is 229 g/mol. The Bertz CT molecular complexity index is 368. The highest BCUT2D eigenvalue weighted by atomic mass is 35.5. The maximum Gasteiger partial charge on any atom is 0.254 e. The molecule has 0 aromatic heterocycles. The van der Waals surface area contributed by atoms with Gasteiger partial charge in [0.15, 0.2) is 0 Å². The van der Waals surface area contributed by atoms with Crippen molar-refractivity contribution in [1.29, 1.82) is 0 Å². The smallest absolute Gasteiger partial charge is 0.254 e. The van der Waals surface area contributed by atoms with Gasteiger partial charge < -0.3 is 5.32 Å². The van der Waals surface area contributed by atoms with Gasteiger partial charge in [-0.3, -0.25) is 4.79 Å². The number of hydrogen-bond acceptors (Lipinski definition) is 1. The van der Waals surface area contributed by atoms with Crippen molar-refractivity contribution in [2.45, 2.75) is 19.8 Å². The minimum atomic E-state index is -0.477. The molecule has 88 valence electrons. The van der Waals surface area contributed by atoms with Crippen LogP contribution in [0, 0.1) is 12.7 Å². The number of carbonyl (C=O) groups is 1. The predicted octanol–water partition coefficient (Wildman–Crippen LogP) is 2.88. The van der Waals surface area contributed by atoms with Crippen LogP contribution in [0.25, 0.3) is 0 Å². The van der Waals surface area contributed by atoms with Crippen LogP contribution in [0.1, 0.15) is 28.8 Å². The summed E-state index contributed by atoms with van der Waals surface area (Å²) in [6.45, 7) is 2.31. The summed E-state index contributed by atoms with van der Waals surface area (Å²) in [6, 6.07) is 4.58. The molecule has 0 heterocycles. The van der Waals surface area contributed by atoms with Crippen LogP contribution in [0.4, 0.5) is 4.39 Å². The quantitative estimate of drug-likeness (QED) is 0.625. The Morgan fingerprint density at radius 1 is 1.44 bits per heavy atom. The van der Waals surface area contributed by atoms with Crippen molar-refractivity contribution in [3.63, 3.8) is 0 Å². The number of carbonyl (C=O) groups excluding carboxylic acids is 1. The van der Waals surface area contributed by atoms with Gasteiger partial charge in [0, 0.05) is 12.4 Å². The highest BCUT2D eigenvalue weighted by molar-refractivity contribution is 6.17. The van der Waals surface area contributed by atoms with Gasteiger partial charge >= 0.3 is 0 Å². The fourth-order valence-corrected chi connectivity index (χ4v) is 1.51. The summed E-state index contributed by atoms with van der Waals surface area (Å²) < 4.78 is 13.4. The van der Waals surface area contributed by atoms with E-state index in [1.165, 1.54) is 12.1 Å². The van der Waals surface area contributed by atoms with E-state index in [0.29, 0.717) is 12.4 Å². The van der Waals surface area contributed by atoms with E-state index in [0.717, 1.165) is 18.4 Å². The van der Waals surface area contributed by atoms with E-state index in [-0.39, 0.29) is 11.5 Å². The molecule has 0 aliphatic rings. The Morgan fingerprint density at radius 2 is 2.19 bits per heavy atom. The van der Waals surface area contributed by atoms with Crippen molar-refractivity contribution in [2.24, 2.45) is 0 Å². The molecule has 0 radical (unpaired) electrons. The molecular formula is C12H15ClFNO. The highest BCUT2D eigenvalue weighted by Crippen LogP contribution is 2.09. The summed E-state index contributed by atoms with van der Waals surface area (Å²) in [6.07, 6.45) is 1.65. The molecule has 1 aromatic carbocycles. The maximum atomic E-state index is 13.4. The SMILES string of the molecule is Cc1ccc(C(=O)NCCCCCl)c(F)c1. The zero-order valence-corrected chi connectivity index (χ0v) is 9.98. The molecule has 2 nitrogen and oxygen atoms in total. The number of amides is 1. The number of benzene rings is 1. The second kappa shape index (κ2) is 6.48. The Kier molecular flexibility index (Phi) is 5.26. The Morgan fingerprint density at radius 3 is 2.81 bits per heavy atom. The van der Waals surface area contributed by atoms with Crippen LogP contribution in [0.3, 0.4) is 0 Å². The second-order valence-electron chi connectivity index (χ2n) is 3.64. The largest absolute Gasteiger partial charge is 0.352 e. The molecule has 16 heavy (non-hydrogen) atoms. The maximum absolute atomic E-state index is 13.4. The topological polar surface area (TPSA) is 29.1 Å². The van der Waals surface area contributed by atoms with Gasteiger partial charge in [0.1, 0.15) is 5.82 Å². The first-order valence-electron chi connectivity index (χ1n) is 5.25. The van der Waals surface area contributed by atoms with Gasteiger partial charge in [-0.05, 0) is 37.5 Å². The van der Waals surface area contributed by atoms with Crippen molar-refractivity contribution < 1.29 is 9.18 Å². The van der Waals surface area contributed by atoms with Crippen LogP contribution in [-0.4, -0.2) is 18.3 Å². The summed E-state index contributed by atoms with van der Waals surface area (Å²) >= 11 is 5.50. The van der Waals surface area contributed by atoms with Crippen LogP contribution < -0.4 is 5.32 Å². The molecule has 0 aliphatic carbocycles. The lowest BCUT2D eigenvalue weighted by Crippen LogP contribution is -2.25. The standard InChI is InChI=1S/C12H15ClFNO/c1-9-4-5-10(11(14)8-9)12(16)15-7-3-2-6-13/h4-5,8H,2-3,6-7H2,1H3,(H,15,16). The van der Waals surface area contributed by atoms with E-state index in [4.69, 9.17) is 11.6 Å². The Hall–Kier alpha value is -1.09. The van der Waals surface area contributed by atoms with Gasteiger partial charge in [0.05, 0.1) is 5.56 Å². The summed E-state index contributed by atoms with van der Waals surface area (Å²) in [5.41, 5.74) is 0.896. The normalized spacial score (nSPS) is 10.2. The fourth-order valence-electron chi connectivity index (χ4n) is 1.32. The van der Waals surface area contributed by atoms with Crippen molar-refractivity contribution in [3.05, 3.63) is 35.1 Å². The molecule has 0 atom stereocenters. The average Bonchev–Trinajstić information content (AvgIpc) is 2.24. The van der Waals surface area contributed by atoms with Gasteiger partial charge in [0.25, 0.3) is 5.91 Å². The van der Waals surface area contributed by atoms with Crippen molar-refractivity contribution in [2.75, 3.05) is 12.4 Å². The number of halogens is 2. The monoisotopic (exact) mass is 243 g/mol. The van der Waals surface area contributed by atoms with E-state index in [1.54, 1.807) is 13.0 Å². The summed E-state index contributed by atoms with van der Waals surface area (Å²) in [7, 11) is 0. The van der Waals surface area contributed by atoms with Crippen LogP contribution in [0.2, 0.25) is 0 Å². The molecule has 1 amide bonds. The minimum absolute atomic E-state index is 0.0940. The molecule has 0 fully saturated rings. The number of rotatable bonds is 5. The number of alkyl halides is 1. The van der Waals surface area contributed by atoms with Gasteiger partial charge in [0.2, 0.25) is 0 Å². The molecule has 1 aromatic rings. The van der Waals surface area contributed by atoms with Crippen molar-refractivity contribution >= 4 is 17.5 Å². The van der Waals surface area contributed by atoms with Crippen molar-refractivity contribution in [3.8, 4) is 0 Å². The molecule has 4 heteroatoms. The molecule has 0 aliphatic heterocycles. The second-order valence-corrected chi connectivity index (χ2v) is 4.01. The van der Waals surface area contributed by atoms with E-state index < -0.39 is 5.82 Å². The fraction of sp³-hybridized carbons (Fsp3) is 0.417. The molecule has 0 spiro atoms. The summed E-state index contributed by atoms with van der Waals surface area (Å²) in [5, 5.41) is 2.66. The average molecular weight is 244 g/mol. The summed E-state index contributed by atoms with van der Waals surface area (Å²) in [5.74, 6) is -0.267. The summed E-state index contributed by atoms with van der Waals surface area (Å²) in [4.78, 5) is 11.6. The number of unbranched alkanes of at least 4 members (excludes halogenated alkanes) is 1. The van der Waals surface area contributed by atoms with Gasteiger partial charge in [-0.25, -0.2) is 4.39 Å². The lowest BCUT2D eigenvalue weighted by Gasteiger charge is -2.05. The highest BCUT2D eigenvalue weighted by Gasteiger charge is 2.10. The first kappa shape index (κ1) is 13.0. The Balaban J connectivity index is 2.53. The van der Waals surface area contributed by atoms with Crippen LogP contribution in [0.15, 0.2) is 18.2 Å². The van der Waals surface area contributed by atoms with Crippen molar-refractivity contribution in [1.82, 2.24) is 5.32 Å². The van der Waals surface area contributed by atoms with E-state index >= 15 is 0 Å². The minimum Gasteiger partial charge on any atom is -0.352 e. The third kappa shape index (κ3) is 3.81. The molecule has 0 bridgehead atoms. The van der Waals surface area contributed by atoms with E-state index in [1.807, 2.05) is 0 Å².